The fourth-order valence-electron chi connectivity index (χ4n) is 2.36. The monoisotopic (exact) mass is 288 g/mol. The van der Waals surface area contributed by atoms with Gasteiger partial charge in [-0.25, -0.2) is 9.48 Å². The molecule has 0 atom stereocenters. The van der Waals surface area contributed by atoms with Crippen LogP contribution in [-0.4, -0.2) is 45.8 Å². The molecular formula is C14H16N4O3. The highest BCUT2D eigenvalue weighted by Crippen LogP contribution is 2.30. The Morgan fingerprint density at radius 1 is 1.33 bits per heavy atom. The molecule has 0 saturated heterocycles. The number of carboxylic acid groups (broad SMARTS) is 1. The number of benzene rings is 1. The van der Waals surface area contributed by atoms with E-state index in [1.54, 1.807) is 4.68 Å². The maximum absolute atomic E-state index is 10.8. The fraction of sp³-hybridized carbons (Fsp3) is 0.357. The van der Waals surface area contributed by atoms with Gasteiger partial charge in [0.25, 0.3) is 0 Å². The zero-order valence-corrected chi connectivity index (χ0v) is 11.5. The van der Waals surface area contributed by atoms with Gasteiger partial charge in [0.05, 0.1) is 25.0 Å². The maximum Gasteiger partial charge on any atom is 0.358 e. The van der Waals surface area contributed by atoms with E-state index in [0.717, 1.165) is 30.9 Å². The molecule has 0 bridgehead atoms. The summed E-state index contributed by atoms with van der Waals surface area (Å²) in [6.45, 7) is 2.91. The number of fused-ring (bicyclic) bond motifs is 1. The summed E-state index contributed by atoms with van der Waals surface area (Å²) < 4.78 is 7.27. The molecule has 3 rings (SSSR count). The second kappa shape index (κ2) is 5.82. The summed E-state index contributed by atoms with van der Waals surface area (Å²) in [6.07, 6.45) is 2.40. The molecule has 0 radical (unpaired) electrons. The van der Waals surface area contributed by atoms with Crippen molar-refractivity contribution in [2.45, 2.75) is 13.0 Å². The Morgan fingerprint density at radius 3 is 3.00 bits per heavy atom. The number of hydrogen-bond donors (Lipinski definition) is 1. The van der Waals surface area contributed by atoms with E-state index >= 15 is 0 Å². The molecule has 1 aliphatic rings. The Kier molecular flexibility index (Phi) is 3.72. The van der Waals surface area contributed by atoms with Gasteiger partial charge in [0.15, 0.2) is 5.69 Å². The second-order valence-corrected chi connectivity index (χ2v) is 4.83. The van der Waals surface area contributed by atoms with Gasteiger partial charge < -0.3 is 14.7 Å². The largest absolute Gasteiger partial charge is 0.491 e. The van der Waals surface area contributed by atoms with Crippen LogP contribution in [0.25, 0.3) is 0 Å². The summed E-state index contributed by atoms with van der Waals surface area (Å²) in [6, 6.07) is 7.94. The van der Waals surface area contributed by atoms with Crippen LogP contribution < -0.4 is 9.64 Å². The zero-order valence-electron chi connectivity index (χ0n) is 11.5. The summed E-state index contributed by atoms with van der Waals surface area (Å²) in [4.78, 5) is 13.0. The molecule has 0 fully saturated rings. The molecule has 0 aliphatic carbocycles. The van der Waals surface area contributed by atoms with Crippen LogP contribution in [-0.2, 0) is 6.54 Å². The Balaban J connectivity index is 1.71. The number of ether oxygens (including phenoxy) is 1. The first-order valence-electron chi connectivity index (χ1n) is 6.84. The highest BCUT2D eigenvalue weighted by molar-refractivity contribution is 5.84. The number of rotatable bonds is 4. The van der Waals surface area contributed by atoms with E-state index in [4.69, 9.17) is 9.84 Å². The van der Waals surface area contributed by atoms with Gasteiger partial charge in [0, 0.05) is 13.1 Å². The van der Waals surface area contributed by atoms with E-state index in [-0.39, 0.29) is 5.69 Å². The number of aromatic carboxylic acids is 1. The number of anilines is 1. The van der Waals surface area contributed by atoms with Crippen molar-refractivity contribution in [3.63, 3.8) is 0 Å². The van der Waals surface area contributed by atoms with Gasteiger partial charge >= 0.3 is 5.97 Å². The maximum atomic E-state index is 10.8. The molecule has 21 heavy (non-hydrogen) atoms. The van der Waals surface area contributed by atoms with Crippen LogP contribution in [0.4, 0.5) is 5.69 Å². The van der Waals surface area contributed by atoms with Crippen molar-refractivity contribution in [1.29, 1.82) is 0 Å². The summed E-state index contributed by atoms with van der Waals surface area (Å²) in [5.74, 6) is -0.172. The minimum absolute atomic E-state index is 0.0328. The third-order valence-electron chi connectivity index (χ3n) is 3.39. The van der Waals surface area contributed by atoms with Gasteiger partial charge in [-0.2, -0.15) is 0 Å². The van der Waals surface area contributed by atoms with E-state index in [0.29, 0.717) is 13.2 Å². The average Bonchev–Trinajstić information content (AvgIpc) is 2.87. The first kappa shape index (κ1) is 13.4. The Bertz CT molecular complexity index is 641. The lowest BCUT2D eigenvalue weighted by Gasteiger charge is -2.23. The van der Waals surface area contributed by atoms with Gasteiger partial charge in [0.1, 0.15) is 5.75 Å². The highest BCUT2D eigenvalue weighted by atomic mass is 16.5. The summed E-state index contributed by atoms with van der Waals surface area (Å²) >= 11 is 0. The van der Waals surface area contributed by atoms with Crippen LogP contribution in [0.15, 0.2) is 30.5 Å². The van der Waals surface area contributed by atoms with Gasteiger partial charge in [-0.1, -0.05) is 17.3 Å². The van der Waals surface area contributed by atoms with E-state index < -0.39 is 5.97 Å². The van der Waals surface area contributed by atoms with Crippen LogP contribution >= 0.6 is 0 Å². The lowest BCUT2D eigenvalue weighted by molar-refractivity contribution is 0.0690. The lowest BCUT2D eigenvalue weighted by atomic mass is 10.2. The molecule has 2 heterocycles. The Labute approximate surface area is 121 Å². The number of carboxylic acids is 1. The van der Waals surface area contributed by atoms with Crippen molar-refractivity contribution in [3.8, 4) is 5.75 Å². The van der Waals surface area contributed by atoms with Crippen LogP contribution in [0.2, 0.25) is 0 Å². The predicted molar refractivity (Wildman–Crippen MR) is 75.7 cm³/mol. The van der Waals surface area contributed by atoms with Crippen LogP contribution in [0.1, 0.15) is 16.9 Å². The zero-order chi connectivity index (χ0) is 14.7. The van der Waals surface area contributed by atoms with E-state index in [1.807, 2.05) is 24.3 Å². The standard InChI is InChI=1S/C14H16N4O3/c19-14(20)11-10-18(16-15-11)8-7-17-6-3-9-21-13-5-2-1-4-12(13)17/h1-2,4-5,10H,3,6-9H2,(H,19,20). The van der Waals surface area contributed by atoms with Crippen LogP contribution in [0.3, 0.4) is 0 Å². The first-order valence-corrected chi connectivity index (χ1v) is 6.84. The smallest absolute Gasteiger partial charge is 0.358 e. The molecule has 0 saturated carbocycles. The second-order valence-electron chi connectivity index (χ2n) is 4.83. The third kappa shape index (κ3) is 2.96. The van der Waals surface area contributed by atoms with Crippen LogP contribution in [0, 0.1) is 0 Å². The topological polar surface area (TPSA) is 80.5 Å². The molecule has 1 aliphatic heterocycles. The van der Waals surface area contributed by atoms with E-state index in [1.165, 1.54) is 6.20 Å². The highest BCUT2D eigenvalue weighted by Gasteiger charge is 2.16. The quantitative estimate of drug-likeness (QED) is 0.912. The molecule has 1 aromatic carbocycles. The lowest BCUT2D eigenvalue weighted by Crippen LogP contribution is -2.28. The van der Waals surface area contributed by atoms with Gasteiger partial charge in [0.2, 0.25) is 0 Å². The normalized spacial score (nSPS) is 14.2. The molecule has 0 amide bonds. The first-order chi connectivity index (χ1) is 10.2. The molecule has 7 heteroatoms. The molecule has 110 valence electrons. The molecule has 2 aromatic rings. The SMILES string of the molecule is O=C(O)c1cn(CCN2CCCOc3ccccc32)nn1. The van der Waals surface area contributed by atoms with Crippen LogP contribution in [0.5, 0.6) is 5.75 Å². The number of aromatic nitrogens is 3. The van der Waals surface area contributed by atoms with Crippen molar-refractivity contribution in [3.05, 3.63) is 36.2 Å². The van der Waals surface area contributed by atoms with Crippen molar-refractivity contribution in [2.24, 2.45) is 0 Å². The molecular weight excluding hydrogens is 272 g/mol. The van der Waals surface area contributed by atoms with Crippen molar-refractivity contribution in [2.75, 3.05) is 24.6 Å². The van der Waals surface area contributed by atoms with Crippen molar-refractivity contribution in [1.82, 2.24) is 15.0 Å². The van der Waals surface area contributed by atoms with E-state index in [2.05, 4.69) is 15.2 Å². The average molecular weight is 288 g/mol. The Morgan fingerprint density at radius 2 is 2.19 bits per heavy atom. The number of hydrogen-bond acceptors (Lipinski definition) is 5. The molecule has 1 aromatic heterocycles. The number of para-hydroxylation sites is 2. The number of carbonyl (C=O) groups is 1. The molecule has 1 N–H and O–H groups in total. The van der Waals surface area contributed by atoms with Gasteiger partial charge in [-0.15, -0.1) is 5.10 Å². The Hall–Kier alpha value is -2.57. The minimum Gasteiger partial charge on any atom is -0.491 e. The molecule has 0 spiro atoms. The number of nitrogens with zero attached hydrogens (tertiary/aromatic N) is 4. The molecule has 0 unspecified atom stereocenters. The predicted octanol–water partition coefficient (Wildman–Crippen LogP) is 1.27. The van der Waals surface area contributed by atoms with Crippen molar-refractivity contribution < 1.29 is 14.6 Å². The van der Waals surface area contributed by atoms with E-state index in [9.17, 15) is 4.79 Å². The molecule has 7 nitrogen and oxygen atoms in total. The minimum atomic E-state index is -1.06. The third-order valence-corrected chi connectivity index (χ3v) is 3.39. The fourth-order valence-corrected chi connectivity index (χ4v) is 2.36. The summed E-state index contributed by atoms with van der Waals surface area (Å²) in [7, 11) is 0. The van der Waals surface area contributed by atoms with Gasteiger partial charge in [-0.3, -0.25) is 0 Å². The van der Waals surface area contributed by atoms with Gasteiger partial charge in [-0.05, 0) is 18.6 Å². The summed E-state index contributed by atoms with van der Waals surface area (Å²) in [5.41, 5.74) is 1.03. The van der Waals surface area contributed by atoms with Crippen molar-refractivity contribution >= 4 is 11.7 Å². The summed E-state index contributed by atoms with van der Waals surface area (Å²) in [5, 5.41) is 16.3.